The van der Waals surface area contributed by atoms with Gasteiger partial charge in [0.05, 0.1) is 18.3 Å². The Morgan fingerprint density at radius 1 is 1.30 bits per heavy atom. The molecule has 5 nitrogen and oxygen atoms in total. The zero-order valence-electron chi connectivity index (χ0n) is 13.1. The Hall–Kier alpha value is -2.17. The number of carbonyl (C=O) groups is 3. The van der Waals surface area contributed by atoms with E-state index in [0.717, 1.165) is 5.56 Å². The van der Waals surface area contributed by atoms with Crippen LogP contribution in [0.5, 0.6) is 0 Å². The standard InChI is InChI=1S/C18H20O5/c1-12-7-14(19)18(10-17(21)23-15(18)8-12)9-16(20)22-11-13-5-3-2-4-6-13/h2-6,12,15H,7-11H2,1H3. The van der Waals surface area contributed by atoms with Crippen LogP contribution in [-0.2, 0) is 30.5 Å². The van der Waals surface area contributed by atoms with Crippen LogP contribution in [0.25, 0.3) is 0 Å². The molecular weight excluding hydrogens is 296 g/mol. The van der Waals surface area contributed by atoms with Gasteiger partial charge in [-0.15, -0.1) is 0 Å². The van der Waals surface area contributed by atoms with Crippen LogP contribution in [0.1, 0.15) is 38.2 Å². The number of hydrogen-bond donors (Lipinski definition) is 0. The molecule has 0 aromatic heterocycles. The SMILES string of the molecule is CC1CC(=O)C2(CC(=O)OCc3ccccc3)CC(=O)OC2C1. The van der Waals surface area contributed by atoms with Crippen molar-refractivity contribution < 1.29 is 23.9 Å². The molecule has 0 radical (unpaired) electrons. The first-order valence-corrected chi connectivity index (χ1v) is 7.92. The van der Waals surface area contributed by atoms with Gasteiger partial charge in [0.15, 0.2) is 0 Å². The zero-order valence-corrected chi connectivity index (χ0v) is 13.1. The highest BCUT2D eigenvalue weighted by molar-refractivity contribution is 5.95. The van der Waals surface area contributed by atoms with Crippen molar-refractivity contribution in [3.63, 3.8) is 0 Å². The summed E-state index contributed by atoms with van der Waals surface area (Å²) in [6.07, 6.45) is 0.434. The molecule has 0 N–H and O–H groups in total. The fourth-order valence-corrected chi connectivity index (χ4v) is 3.53. The Bertz CT molecular complexity index is 624. The molecule has 1 saturated heterocycles. The molecule has 23 heavy (non-hydrogen) atoms. The summed E-state index contributed by atoms with van der Waals surface area (Å²) in [7, 11) is 0. The lowest BCUT2D eigenvalue weighted by molar-refractivity contribution is -0.157. The Morgan fingerprint density at radius 2 is 2.04 bits per heavy atom. The number of Topliss-reactive ketones (excluding diaryl/α,β-unsaturated/α-hetero) is 1. The Morgan fingerprint density at radius 3 is 2.78 bits per heavy atom. The molecule has 1 aromatic rings. The van der Waals surface area contributed by atoms with E-state index in [2.05, 4.69) is 0 Å². The third-order valence-electron chi connectivity index (χ3n) is 4.76. The van der Waals surface area contributed by atoms with E-state index in [9.17, 15) is 14.4 Å². The molecule has 1 heterocycles. The molecule has 3 unspecified atom stereocenters. The monoisotopic (exact) mass is 316 g/mol. The summed E-state index contributed by atoms with van der Waals surface area (Å²) in [5.41, 5.74) is -0.130. The maximum Gasteiger partial charge on any atom is 0.307 e. The first-order valence-electron chi connectivity index (χ1n) is 7.92. The van der Waals surface area contributed by atoms with Gasteiger partial charge in [0.2, 0.25) is 0 Å². The van der Waals surface area contributed by atoms with Gasteiger partial charge in [0.1, 0.15) is 18.5 Å². The van der Waals surface area contributed by atoms with Crippen molar-refractivity contribution in [3.05, 3.63) is 35.9 Å². The molecule has 2 fully saturated rings. The van der Waals surface area contributed by atoms with E-state index >= 15 is 0 Å². The molecule has 3 rings (SSSR count). The van der Waals surface area contributed by atoms with E-state index < -0.39 is 23.5 Å². The van der Waals surface area contributed by atoms with Crippen molar-refractivity contribution in [2.45, 2.75) is 45.3 Å². The van der Waals surface area contributed by atoms with Gasteiger partial charge in [-0.25, -0.2) is 0 Å². The largest absolute Gasteiger partial charge is 0.461 e. The summed E-state index contributed by atoms with van der Waals surface area (Å²) in [5, 5.41) is 0. The third kappa shape index (κ3) is 3.14. The lowest BCUT2D eigenvalue weighted by Crippen LogP contribution is -2.46. The number of rotatable bonds is 4. The Balaban J connectivity index is 1.68. The van der Waals surface area contributed by atoms with Crippen molar-refractivity contribution in [1.82, 2.24) is 0 Å². The van der Waals surface area contributed by atoms with Gasteiger partial charge in [0.25, 0.3) is 0 Å². The maximum absolute atomic E-state index is 12.5. The van der Waals surface area contributed by atoms with E-state index in [1.807, 2.05) is 37.3 Å². The van der Waals surface area contributed by atoms with Crippen LogP contribution in [0, 0.1) is 11.3 Å². The van der Waals surface area contributed by atoms with E-state index in [0.29, 0.717) is 12.8 Å². The second kappa shape index (κ2) is 6.14. The van der Waals surface area contributed by atoms with Gasteiger partial charge in [-0.1, -0.05) is 37.3 Å². The summed E-state index contributed by atoms with van der Waals surface area (Å²) >= 11 is 0. The number of fused-ring (bicyclic) bond motifs is 1. The maximum atomic E-state index is 12.5. The fraction of sp³-hybridized carbons (Fsp3) is 0.500. The molecule has 0 bridgehead atoms. The second-order valence-corrected chi connectivity index (χ2v) is 6.60. The summed E-state index contributed by atoms with van der Waals surface area (Å²) in [6, 6.07) is 9.35. The van der Waals surface area contributed by atoms with E-state index in [-0.39, 0.29) is 31.1 Å². The van der Waals surface area contributed by atoms with Crippen molar-refractivity contribution in [2.75, 3.05) is 0 Å². The number of hydrogen-bond acceptors (Lipinski definition) is 5. The molecule has 1 aromatic carbocycles. The third-order valence-corrected chi connectivity index (χ3v) is 4.76. The molecule has 122 valence electrons. The highest BCUT2D eigenvalue weighted by atomic mass is 16.6. The molecule has 1 aliphatic heterocycles. The minimum atomic E-state index is -1.02. The topological polar surface area (TPSA) is 69.7 Å². The highest BCUT2D eigenvalue weighted by Gasteiger charge is 2.58. The average Bonchev–Trinajstić information content (AvgIpc) is 2.83. The lowest BCUT2D eigenvalue weighted by atomic mass is 9.65. The highest BCUT2D eigenvalue weighted by Crippen LogP contribution is 2.48. The molecule has 2 aliphatic rings. The van der Waals surface area contributed by atoms with Crippen LogP contribution >= 0.6 is 0 Å². The van der Waals surface area contributed by atoms with Crippen LogP contribution in [0.2, 0.25) is 0 Å². The Kier molecular flexibility index (Phi) is 4.20. The number of carbonyl (C=O) groups excluding carboxylic acids is 3. The smallest absolute Gasteiger partial charge is 0.307 e. The molecule has 3 atom stereocenters. The second-order valence-electron chi connectivity index (χ2n) is 6.60. The normalized spacial score (nSPS) is 29.8. The molecular formula is C18H20O5. The van der Waals surface area contributed by atoms with Crippen molar-refractivity contribution in [1.29, 1.82) is 0 Å². The molecule has 0 spiro atoms. The molecule has 0 amide bonds. The predicted octanol–water partition coefficient (Wildman–Crippen LogP) is 2.42. The first-order chi connectivity index (χ1) is 11.0. The molecule has 5 heteroatoms. The van der Waals surface area contributed by atoms with E-state index in [1.54, 1.807) is 0 Å². The van der Waals surface area contributed by atoms with E-state index in [4.69, 9.17) is 9.47 Å². The average molecular weight is 316 g/mol. The van der Waals surface area contributed by atoms with Gasteiger partial charge in [-0.3, -0.25) is 14.4 Å². The number of benzene rings is 1. The van der Waals surface area contributed by atoms with Crippen LogP contribution in [-0.4, -0.2) is 23.8 Å². The van der Waals surface area contributed by atoms with Crippen LogP contribution in [0.3, 0.4) is 0 Å². The Labute approximate surface area is 135 Å². The number of ketones is 1. The van der Waals surface area contributed by atoms with Gasteiger partial charge in [-0.05, 0) is 17.9 Å². The van der Waals surface area contributed by atoms with Gasteiger partial charge >= 0.3 is 11.9 Å². The number of esters is 2. The van der Waals surface area contributed by atoms with Crippen molar-refractivity contribution >= 4 is 17.7 Å². The van der Waals surface area contributed by atoms with Crippen LogP contribution in [0.4, 0.5) is 0 Å². The minimum absolute atomic E-state index is 0.0103. The van der Waals surface area contributed by atoms with Gasteiger partial charge in [-0.2, -0.15) is 0 Å². The van der Waals surface area contributed by atoms with Gasteiger partial charge < -0.3 is 9.47 Å². The van der Waals surface area contributed by atoms with Crippen LogP contribution in [0.15, 0.2) is 30.3 Å². The molecule has 1 saturated carbocycles. The zero-order chi connectivity index (χ0) is 16.4. The minimum Gasteiger partial charge on any atom is -0.461 e. The van der Waals surface area contributed by atoms with E-state index in [1.165, 1.54) is 0 Å². The first kappa shape index (κ1) is 15.7. The van der Waals surface area contributed by atoms with Crippen molar-refractivity contribution in [2.24, 2.45) is 11.3 Å². The lowest BCUT2D eigenvalue weighted by Gasteiger charge is -2.36. The van der Waals surface area contributed by atoms with Crippen LogP contribution < -0.4 is 0 Å². The summed E-state index contributed by atoms with van der Waals surface area (Å²) in [4.78, 5) is 36.4. The summed E-state index contributed by atoms with van der Waals surface area (Å²) in [6.45, 7) is 2.13. The summed E-state index contributed by atoms with van der Waals surface area (Å²) in [5.74, 6) is -0.732. The number of ether oxygens (including phenoxy) is 2. The fourth-order valence-electron chi connectivity index (χ4n) is 3.53. The molecule has 1 aliphatic carbocycles. The van der Waals surface area contributed by atoms with Gasteiger partial charge in [0, 0.05) is 6.42 Å². The summed E-state index contributed by atoms with van der Waals surface area (Å²) < 4.78 is 10.6. The van der Waals surface area contributed by atoms with Crippen molar-refractivity contribution in [3.8, 4) is 0 Å². The quantitative estimate of drug-likeness (QED) is 0.798. The predicted molar refractivity (Wildman–Crippen MR) is 81.2 cm³/mol.